The maximum Gasteiger partial charge on any atom is 0.262 e. The van der Waals surface area contributed by atoms with Crippen molar-refractivity contribution in [2.45, 2.75) is 23.6 Å². The van der Waals surface area contributed by atoms with Gasteiger partial charge in [0.2, 0.25) is 10.0 Å². The molecule has 0 heterocycles. The van der Waals surface area contributed by atoms with E-state index in [1.807, 2.05) is 0 Å². The fraction of sp³-hybridized carbons (Fsp3) is 0.250. The molecular weight excluding hydrogens is 364 g/mol. The molecule has 9 heteroatoms. The second kappa shape index (κ2) is 6.66. The molecule has 0 aliphatic carbocycles. The van der Waals surface area contributed by atoms with E-state index in [0.717, 1.165) is 22.0 Å². The number of phenolic OH excluding ortho intramolecular Hbond substituents is 1. The van der Waals surface area contributed by atoms with Crippen LogP contribution in [0.25, 0.3) is 0 Å². The summed E-state index contributed by atoms with van der Waals surface area (Å²) >= 11 is 0. The van der Waals surface area contributed by atoms with Crippen molar-refractivity contribution in [1.82, 2.24) is 4.31 Å². The van der Waals surface area contributed by atoms with Crippen molar-refractivity contribution in [3.8, 4) is 5.75 Å². The zero-order valence-corrected chi connectivity index (χ0v) is 15.9. The number of sulfonamides is 2. The van der Waals surface area contributed by atoms with Crippen LogP contribution in [0.2, 0.25) is 0 Å². The van der Waals surface area contributed by atoms with E-state index < -0.39 is 20.0 Å². The van der Waals surface area contributed by atoms with E-state index in [0.29, 0.717) is 5.56 Å². The lowest BCUT2D eigenvalue weighted by Crippen LogP contribution is -2.22. The molecule has 0 bridgehead atoms. The first-order valence-corrected chi connectivity index (χ1v) is 10.2. The summed E-state index contributed by atoms with van der Waals surface area (Å²) in [7, 11) is -5.03. The largest absolute Gasteiger partial charge is 0.506 e. The van der Waals surface area contributed by atoms with Crippen molar-refractivity contribution in [2.24, 2.45) is 0 Å². The number of nitrogens with one attached hydrogen (secondary N) is 1. The maximum atomic E-state index is 12.6. The van der Waals surface area contributed by atoms with Gasteiger partial charge in [-0.3, -0.25) is 4.72 Å². The van der Waals surface area contributed by atoms with Gasteiger partial charge in [0, 0.05) is 14.1 Å². The highest BCUT2D eigenvalue weighted by Gasteiger charge is 2.22. The van der Waals surface area contributed by atoms with Crippen molar-refractivity contribution >= 4 is 25.7 Å². The fourth-order valence-electron chi connectivity index (χ4n) is 2.16. The van der Waals surface area contributed by atoms with Gasteiger partial charge >= 0.3 is 0 Å². The second-order valence-corrected chi connectivity index (χ2v) is 9.64. The lowest BCUT2D eigenvalue weighted by molar-refractivity contribution is 0.476. The third kappa shape index (κ3) is 3.94. The number of phenols is 1. The maximum absolute atomic E-state index is 12.6. The van der Waals surface area contributed by atoms with Crippen LogP contribution >= 0.6 is 0 Å². The Kier molecular flexibility index (Phi) is 5.12. The Morgan fingerprint density at radius 2 is 1.60 bits per heavy atom. The summed E-state index contributed by atoms with van der Waals surface area (Å²) in [6.45, 7) is 3.42. The molecule has 2 N–H and O–H groups in total. The molecule has 2 aromatic carbocycles. The molecule has 2 rings (SSSR count). The quantitative estimate of drug-likeness (QED) is 0.768. The number of benzene rings is 2. The summed E-state index contributed by atoms with van der Waals surface area (Å²) < 4.78 is 52.9. The molecule has 0 radical (unpaired) electrons. The first kappa shape index (κ1) is 19.2. The normalized spacial score (nSPS) is 12.4. The van der Waals surface area contributed by atoms with Crippen LogP contribution < -0.4 is 4.72 Å². The minimum Gasteiger partial charge on any atom is -0.506 e. The number of hydrogen-bond donors (Lipinski definition) is 2. The average Bonchev–Trinajstić information content (AvgIpc) is 2.51. The number of anilines is 1. The number of hydrogen-bond acceptors (Lipinski definition) is 5. The van der Waals surface area contributed by atoms with Gasteiger partial charge in [0.15, 0.2) is 0 Å². The first-order chi connectivity index (χ1) is 11.4. The van der Waals surface area contributed by atoms with Crippen molar-refractivity contribution in [3.63, 3.8) is 0 Å². The molecule has 0 saturated carbocycles. The van der Waals surface area contributed by atoms with E-state index in [2.05, 4.69) is 4.72 Å². The number of rotatable bonds is 5. The first-order valence-electron chi connectivity index (χ1n) is 7.31. The summed E-state index contributed by atoms with van der Waals surface area (Å²) in [5, 5.41) is 9.94. The molecule has 0 atom stereocenters. The summed E-state index contributed by atoms with van der Waals surface area (Å²) in [6, 6.07) is 8.41. The minimum atomic E-state index is -3.99. The zero-order chi connectivity index (χ0) is 19.0. The van der Waals surface area contributed by atoms with Crippen LogP contribution in [0.1, 0.15) is 11.1 Å². The van der Waals surface area contributed by atoms with Gasteiger partial charge in [0.1, 0.15) is 5.75 Å². The second-order valence-electron chi connectivity index (χ2n) is 5.84. The summed E-state index contributed by atoms with van der Waals surface area (Å²) in [4.78, 5) is -0.0678. The van der Waals surface area contributed by atoms with E-state index >= 15 is 0 Å². The summed E-state index contributed by atoms with van der Waals surface area (Å²) in [5.41, 5.74) is 1.10. The Balaban J connectivity index is 2.51. The molecule has 0 fully saturated rings. The summed E-state index contributed by atoms with van der Waals surface area (Å²) in [5.74, 6) is -0.369. The van der Waals surface area contributed by atoms with E-state index in [4.69, 9.17) is 0 Å². The molecule has 25 heavy (non-hydrogen) atoms. The van der Waals surface area contributed by atoms with Gasteiger partial charge in [0.25, 0.3) is 10.0 Å². The minimum absolute atomic E-state index is 0.0627. The van der Waals surface area contributed by atoms with Gasteiger partial charge in [0.05, 0.1) is 15.5 Å². The Hall–Kier alpha value is -2.10. The van der Waals surface area contributed by atoms with Gasteiger partial charge in [-0.1, -0.05) is 12.1 Å². The van der Waals surface area contributed by atoms with Gasteiger partial charge in [-0.05, 0) is 49.2 Å². The highest BCUT2D eigenvalue weighted by atomic mass is 32.2. The topological polar surface area (TPSA) is 104 Å². The third-order valence-corrected chi connectivity index (χ3v) is 6.94. The monoisotopic (exact) mass is 384 g/mol. The Morgan fingerprint density at radius 1 is 0.960 bits per heavy atom. The molecule has 0 saturated heterocycles. The number of aromatic hydroxyl groups is 1. The van der Waals surface area contributed by atoms with Crippen molar-refractivity contribution in [1.29, 1.82) is 0 Å². The standard InChI is InChI=1S/C16H20N2O5S2/c1-11-5-6-12(2)16(9-11)24(20,21)17-14-10-13(7-8-15(14)19)25(22,23)18(3)4/h5-10,17,19H,1-4H3. The SMILES string of the molecule is Cc1ccc(C)c(S(=O)(=O)Nc2cc(S(=O)(=O)N(C)C)ccc2O)c1. The highest BCUT2D eigenvalue weighted by Crippen LogP contribution is 2.30. The third-order valence-electron chi connectivity index (χ3n) is 3.62. The molecule has 136 valence electrons. The van der Waals surface area contributed by atoms with Crippen molar-refractivity contribution < 1.29 is 21.9 Å². The zero-order valence-electron chi connectivity index (χ0n) is 14.3. The van der Waals surface area contributed by atoms with Crippen molar-refractivity contribution in [3.05, 3.63) is 47.5 Å². The Morgan fingerprint density at radius 3 is 2.20 bits per heavy atom. The number of aryl methyl sites for hydroxylation is 2. The molecule has 0 unspecified atom stereocenters. The van der Waals surface area contributed by atoms with E-state index in [9.17, 15) is 21.9 Å². The molecular formula is C16H20N2O5S2. The van der Waals surface area contributed by atoms with E-state index in [1.165, 1.54) is 26.2 Å². The molecule has 0 amide bonds. The Bertz CT molecular complexity index is 1010. The van der Waals surface area contributed by atoms with Gasteiger partial charge in [-0.15, -0.1) is 0 Å². The van der Waals surface area contributed by atoms with Crippen LogP contribution in [0.5, 0.6) is 5.75 Å². The lowest BCUT2D eigenvalue weighted by Gasteiger charge is -2.15. The smallest absolute Gasteiger partial charge is 0.262 e. The van der Waals surface area contributed by atoms with Crippen LogP contribution in [-0.4, -0.2) is 40.3 Å². The highest BCUT2D eigenvalue weighted by molar-refractivity contribution is 7.92. The van der Waals surface area contributed by atoms with Crippen LogP contribution in [0.4, 0.5) is 5.69 Å². The molecule has 0 aliphatic rings. The van der Waals surface area contributed by atoms with Gasteiger partial charge in [-0.25, -0.2) is 21.1 Å². The fourth-order valence-corrected chi connectivity index (χ4v) is 4.49. The molecule has 0 spiro atoms. The molecule has 0 aromatic heterocycles. The molecule has 0 aliphatic heterocycles. The van der Waals surface area contributed by atoms with Crippen molar-refractivity contribution in [2.75, 3.05) is 18.8 Å². The van der Waals surface area contributed by atoms with Gasteiger partial charge in [-0.2, -0.15) is 0 Å². The van der Waals surface area contributed by atoms with Crippen LogP contribution in [0.15, 0.2) is 46.2 Å². The Labute approximate surface area is 148 Å². The van der Waals surface area contributed by atoms with Gasteiger partial charge < -0.3 is 5.11 Å². The molecule has 7 nitrogen and oxygen atoms in total. The predicted octanol–water partition coefficient (Wildman–Crippen LogP) is 2.06. The molecule has 2 aromatic rings. The summed E-state index contributed by atoms with van der Waals surface area (Å²) in [6.07, 6.45) is 0. The van der Waals surface area contributed by atoms with Crippen LogP contribution in [-0.2, 0) is 20.0 Å². The predicted molar refractivity (Wildman–Crippen MR) is 95.7 cm³/mol. The van der Waals surface area contributed by atoms with E-state index in [1.54, 1.807) is 26.0 Å². The lowest BCUT2D eigenvalue weighted by atomic mass is 10.2. The number of nitrogens with zero attached hydrogens (tertiary/aromatic N) is 1. The van der Waals surface area contributed by atoms with E-state index in [-0.39, 0.29) is 21.2 Å². The van der Waals surface area contributed by atoms with Crippen LogP contribution in [0.3, 0.4) is 0 Å². The average molecular weight is 384 g/mol. The van der Waals surface area contributed by atoms with Crippen LogP contribution in [0, 0.1) is 13.8 Å².